The fraction of sp³-hybridized carbons (Fsp3) is 0.667. The molecule has 2 N–H and O–H groups in total. The average Bonchev–Trinajstić information content (AvgIpc) is 3.15. The highest BCUT2D eigenvalue weighted by atomic mass is 15.1. The van der Waals surface area contributed by atoms with Crippen LogP contribution in [0.2, 0.25) is 0 Å². The molecule has 0 saturated heterocycles. The Morgan fingerprint density at radius 2 is 2.17 bits per heavy atom. The summed E-state index contributed by atoms with van der Waals surface area (Å²) in [6, 6.07) is 0. The van der Waals surface area contributed by atoms with Crippen molar-refractivity contribution in [1.29, 1.82) is 0 Å². The lowest BCUT2D eigenvalue weighted by Gasteiger charge is -2.05. The molecule has 1 heterocycles. The van der Waals surface area contributed by atoms with E-state index in [2.05, 4.69) is 18.1 Å². The summed E-state index contributed by atoms with van der Waals surface area (Å²) in [6.45, 7) is 6.84. The number of aryl methyl sites for hydroxylation is 1. The second-order valence-electron chi connectivity index (χ2n) is 5.29. The van der Waals surface area contributed by atoms with Gasteiger partial charge in [0.05, 0.1) is 5.69 Å². The van der Waals surface area contributed by atoms with Gasteiger partial charge in [0.2, 0.25) is 0 Å². The zero-order chi connectivity index (χ0) is 13.0. The predicted molar refractivity (Wildman–Crippen MR) is 76.7 cm³/mol. The van der Waals surface area contributed by atoms with Gasteiger partial charge in [0.25, 0.3) is 0 Å². The minimum atomic E-state index is 0.650. The first-order valence-corrected chi connectivity index (χ1v) is 7.23. The molecule has 3 nitrogen and oxygen atoms in total. The summed E-state index contributed by atoms with van der Waals surface area (Å²) in [6.07, 6.45) is 10.5. The van der Waals surface area contributed by atoms with Gasteiger partial charge in [-0.1, -0.05) is 32.3 Å². The third-order valence-corrected chi connectivity index (χ3v) is 3.63. The predicted octanol–water partition coefficient (Wildman–Crippen LogP) is 3.65. The summed E-state index contributed by atoms with van der Waals surface area (Å²) in [7, 11) is 0. The first-order valence-electron chi connectivity index (χ1n) is 7.23. The molecule has 1 aromatic rings. The first-order chi connectivity index (χ1) is 8.77. The van der Waals surface area contributed by atoms with Crippen LogP contribution in [0.3, 0.4) is 0 Å². The van der Waals surface area contributed by atoms with E-state index in [0.29, 0.717) is 5.92 Å². The van der Waals surface area contributed by atoms with Gasteiger partial charge in [-0.25, -0.2) is 4.98 Å². The number of nitrogens with two attached hydrogens (primary N) is 1. The smallest absolute Gasteiger partial charge is 0.127 e. The first kappa shape index (κ1) is 13.2. The van der Waals surface area contributed by atoms with Gasteiger partial charge in [-0.2, -0.15) is 0 Å². The Hall–Kier alpha value is -1.25. The average molecular weight is 247 g/mol. The summed E-state index contributed by atoms with van der Waals surface area (Å²) in [5.41, 5.74) is 7.33. The van der Waals surface area contributed by atoms with Crippen molar-refractivity contribution in [3.05, 3.63) is 24.2 Å². The third kappa shape index (κ3) is 2.95. The zero-order valence-corrected chi connectivity index (χ0v) is 11.5. The van der Waals surface area contributed by atoms with Crippen molar-refractivity contribution in [3.63, 3.8) is 0 Å². The van der Waals surface area contributed by atoms with E-state index >= 15 is 0 Å². The molecule has 1 aliphatic carbocycles. The van der Waals surface area contributed by atoms with Crippen molar-refractivity contribution in [2.24, 2.45) is 0 Å². The maximum Gasteiger partial charge on any atom is 0.127 e. The molecule has 0 unspecified atom stereocenters. The van der Waals surface area contributed by atoms with E-state index in [1.54, 1.807) is 0 Å². The Morgan fingerprint density at radius 1 is 1.39 bits per heavy atom. The number of nitrogens with zero attached hydrogens (tertiary/aromatic N) is 2. The van der Waals surface area contributed by atoms with Crippen LogP contribution in [0.5, 0.6) is 0 Å². The van der Waals surface area contributed by atoms with Crippen molar-refractivity contribution in [2.75, 3.05) is 5.73 Å². The molecule has 1 saturated carbocycles. The van der Waals surface area contributed by atoms with Crippen LogP contribution in [0.15, 0.2) is 12.7 Å². The van der Waals surface area contributed by atoms with E-state index in [0.717, 1.165) is 24.5 Å². The van der Waals surface area contributed by atoms with E-state index < -0.39 is 0 Å². The van der Waals surface area contributed by atoms with Crippen LogP contribution in [0.25, 0.3) is 0 Å². The van der Waals surface area contributed by atoms with Crippen molar-refractivity contribution < 1.29 is 0 Å². The van der Waals surface area contributed by atoms with Crippen LogP contribution >= 0.6 is 0 Å². The molecule has 3 heteroatoms. The Labute approximate surface area is 110 Å². The number of anilines is 1. The number of hydrogen-bond donors (Lipinski definition) is 1. The molecular weight excluding hydrogens is 222 g/mol. The van der Waals surface area contributed by atoms with E-state index in [-0.39, 0.29) is 0 Å². The third-order valence-electron chi connectivity index (χ3n) is 3.63. The molecule has 100 valence electrons. The maximum absolute atomic E-state index is 6.22. The van der Waals surface area contributed by atoms with Gasteiger partial charge < -0.3 is 10.3 Å². The molecule has 0 aliphatic heterocycles. The van der Waals surface area contributed by atoms with Crippen molar-refractivity contribution in [2.45, 2.75) is 64.3 Å². The molecule has 0 aromatic carbocycles. The van der Waals surface area contributed by atoms with Crippen LogP contribution in [0, 0.1) is 0 Å². The fourth-order valence-electron chi connectivity index (χ4n) is 2.41. The number of allylic oxidation sites excluding steroid dienone is 1. The fourth-order valence-corrected chi connectivity index (χ4v) is 2.41. The summed E-state index contributed by atoms with van der Waals surface area (Å²) >= 11 is 0. The molecule has 2 rings (SSSR count). The van der Waals surface area contributed by atoms with E-state index in [9.17, 15) is 0 Å². The molecule has 0 amide bonds. The summed E-state index contributed by atoms with van der Waals surface area (Å²) in [5.74, 6) is 2.71. The Bertz CT molecular complexity index is 402. The Kier molecular flexibility index (Phi) is 4.45. The maximum atomic E-state index is 6.22. The van der Waals surface area contributed by atoms with Crippen molar-refractivity contribution in [3.8, 4) is 0 Å². The highest BCUT2D eigenvalue weighted by Crippen LogP contribution is 2.40. The van der Waals surface area contributed by atoms with Crippen LogP contribution in [-0.2, 0) is 13.0 Å². The molecule has 1 fully saturated rings. The molecule has 0 bridgehead atoms. The molecule has 1 aliphatic rings. The molecule has 0 atom stereocenters. The lowest BCUT2D eigenvalue weighted by molar-refractivity contribution is 0.662. The van der Waals surface area contributed by atoms with Gasteiger partial charge in [-0.3, -0.25) is 0 Å². The monoisotopic (exact) mass is 247 g/mol. The second kappa shape index (κ2) is 6.07. The highest BCUT2D eigenvalue weighted by molar-refractivity contribution is 5.40. The Morgan fingerprint density at radius 3 is 2.78 bits per heavy atom. The number of nitrogen functional groups attached to an aromatic ring is 1. The number of rotatable bonds is 8. The second-order valence-corrected chi connectivity index (χ2v) is 5.29. The van der Waals surface area contributed by atoms with Crippen molar-refractivity contribution in [1.82, 2.24) is 9.55 Å². The lowest BCUT2D eigenvalue weighted by Crippen LogP contribution is -2.05. The standard InChI is InChI=1S/C15H25N3/c1-3-5-6-7-8-13-14(16)18(11-4-2)15(17-13)12-9-10-12/h4,12H,2-3,5-11,16H2,1H3. The highest BCUT2D eigenvalue weighted by Gasteiger charge is 2.30. The van der Waals surface area contributed by atoms with Crippen LogP contribution < -0.4 is 5.73 Å². The normalized spacial score (nSPS) is 14.9. The van der Waals surface area contributed by atoms with E-state index in [4.69, 9.17) is 10.7 Å². The number of unbranched alkanes of at least 4 members (excludes halogenated alkanes) is 3. The quantitative estimate of drug-likeness (QED) is 0.563. The van der Waals surface area contributed by atoms with E-state index in [1.165, 1.54) is 44.3 Å². The molecule has 0 spiro atoms. The van der Waals surface area contributed by atoms with Crippen LogP contribution in [-0.4, -0.2) is 9.55 Å². The SMILES string of the molecule is C=CCn1c(C2CC2)nc(CCCCCC)c1N. The molecular formula is C15H25N3. The van der Waals surface area contributed by atoms with E-state index in [1.807, 2.05) is 6.08 Å². The van der Waals surface area contributed by atoms with Gasteiger partial charge in [-0.05, 0) is 25.7 Å². The van der Waals surface area contributed by atoms with Gasteiger partial charge in [0.15, 0.2) is 0 Å². The minimum absolute atomic E-state index is 0.650. The summed E-state index contributed by atoms with van der Waals surface area (Å²) in [5, 5.41) is 0. The summed E-state index contributed by atoms with van der Waals surface area (Å²) in [4.78, 5) is 4.78. The van der Waals surface area contributed by atoms with Crippen LogP contribution in [0.1, 0.15) is 62.9 Å². The largest absolute Gasteiger partial charge is 0.384 e. The molecule has 0 radical (unpaired) electrons. The van der Waals surface area contributed by atoms with Gasteiger partial charge in [0, 0.05) is 12.5 Å². The van der Waals surface area contributed by atoms with Crippen molar-refractivity contribution >= 4 is 5.82 Å². The zero-order valence-electron chi connectivity index (χ0n) is 11.5. The molecule has 18 heavy (non-hydrogen) atoms. The number of hydrogen-bond acceptors (Lipinski definition) is 2. The van der Waals surface area contributed by atoms with Crippen LogP contribution in [0.4, 0.5) is 5.82 Å². The summed E-state index contributed by atoms with van der Waals surface area (Å²) < 4.78 is 2.15. The van der Waals surface area contributed by atoms with Gasteiger partial charge in [-0.15, -0.1) is 6.58 Å². The minimum Gasteiger partial charge on any atom is -0.384 e. The van der Waals surface area contributed by atoms with Gasteiger partial charge in [0.1, 0.15) is 11.6 Å². The molecule has 1 aromatic heterocycles. The number of imidazole rings is 1. The lowest BCUT2D eigenvalue weighted by atomic mass is 10.1. The van der Waals surface area contributed by atoms with Gasteiger partial charge >= 0.3 is 0 Å². The topological polar surface area (TPSA) is 43.8 Å². The Balaban J connectivity index is 2.05. The number of aromatic nitrogens is 2.